The average Bonchev–Trinajstić information content (AvgIpc) is 3.45. The lowest BCUT2D eigenvalue weighted by Gasteiger charge is -2.35. The van der Waals surface area contributed by atoms with Crippen molar-refractivity contribution in [1.82, 2.24) is 15.1 Å². The van der Waals surface area contributed by atoms with Crippen molar-refractivity contribution in [3.8, 4) is 17.2 Å². The van der Waals surface area contributed by atoms with Gasteiger partial charge in [0.15, 0.2) is 11.5 Å². The van der Waals surface area contributed by atoms with Gasteiger partial charge in [-0.15, -0.1) is 0 Å². The number of ether oxygens (including phenoxy) is 3. The van der Waals surface area contributed by atoms with Crippen LogP contribution in [0.1, 0.15) is 12.0 Å². The Hall–Kier alpha value is -3.46. The highest BCUT2D eigenvalue weighted by atomic mass is 16.7. The molecule has 0 spiro atoms. The number of benzene rings is 2. The van der Waals surface area contributed by atoms with E-state index >= 15 is 0 Å². The van der Waals surface area contributed by atoms with Gasteiger partial charge < -0.3 is 29.3 Å². The third-order valence-corrected chi connectivity index (χ3v) is 6.32. The Bertz CT molecular complexity index is 1040. The van der Waals surface area contributed by atoms with E-state index < -0.39 is 0 Å². The maximum atomic E-state index is 12.8. The summed E-state index contributed by atoms with van der Waals surface area (Å²) in [5, 5.41) is 3.04. The van der Waals surface area contributed by atoms with Crippen LogP contribution in [0.25, 0.3) is 0 Å². The van der Waals surface area contributed by atoms with Crippen molar-refractivity contribution in [3.05, 3.63) is 48.0 Å². The fourth-order valence-corrected chi connectivity index (χ4v) is 4.50. The number of piperazine rings is 1. The zero-order valence-corrected chi connectivity index (χ0v) is 18.7. The molecule has 0 aliphatic carbocycles. The number of nitrogens with zero attached hydrogens (tertiary/aromatic N) is 3. The second-order valence-electron chi connectivity index (χ2n) is 8.51. The lowest BCUT2D eigenvalue weighted by atomic mass is 10.1. The zero-order chi connectivity index (χ0) is 22.8. The van der Waals surface area contributed by atoms with Crippen molar-refractivity contribution >= 4 is 17.6 Å². The van der Waals surface area contributed by atoms with Crippen LogP contribution in [0.15, 0.2) is 42.5 Å². The van der Waals surface area contributed by atoms with Crippen LogP contribution in [0.3, 0.4) is 0 Å². The number of hydrogen-bond acceptors (Lipinski definition) is 6. The fraction of sp³-hybridized carbons (Fsp3) is 0.417. The number of fused-ring (bicyclic) bond motifs is 1. The first-order chi connectivity index (χ1) is 16.1. The van der Waals surface area contributed by atoms with Gasteiger partial charge in [0.1, 0.15) is 5.75 Å². The number of hydrogen-bond donors (Lipinski definition) is 1. The monoisotopic (exact) mass is 452 g/mol. The molecular formula is C24H28N4O5. The van der Waals surface area contributed by atoms with Gasteiger partial charge in [-0.3, -0.25) is 9.69 Å². The Morgan fingerprint density at radius 2 is 1.91 bits per heavy atom. The first-order valence-electron chi connectivity index (χ1n) is 11.2. The molecule has 3 aliphatic heterocycles. The van der Waals surface area contributed by atoms with Crippen LogP contribution < -0.4 is 24.4 Å². The van der Waals surface area contributed by atoms with Gasteiger partial charge in [-0.25, -0.2) is 4.79 Å². The molecule has 9 nitrogen and oxygen atoms in total. The number of rotatable bonds is 5. The number of methoxy groups -OCH3 is 1. The summed E-state index contributed by atoms with van der Waals surface area (Å²) < 4.78 is 16.1. The Balaban J connectivity index is 1.11. The Morgan fingerprint density at radius 1 is 1.09 bits per heavy atom. The van der Waals surface area contributed by atoms with Crippen LogP contribution in [0.2, 0.25) is 0 Å². The second kappa shape index (κ2) is 9.19. The zero-order valence-electron chi connectivity index (χ0n) is 18.7. The molecule has 2 fully saturated rings. The molecule has 33 heavy (non-hydrogen) atoms. The molecule has 1 unspecified atom stereocenters. The molecule has 0 bridgehead atoms. The number of carbonyl (C=O) groups is 2. The third-order valence-electron chi connectivity index (χ3n) is 6.32. The van der Waals surface area contributed by atoms with Crippen LogP contribution in [0.5, 0.6) is 17.2 Å². The Morgan fingerprint density at radius 3 is 2.73 bits per heavy atom. The summed E-state index contributed by atoms with van der Waals surface area (Å²) in [4.78, 5) is 31.2. The maximum Gasteiger partial charge on any atom is 0.317 e. The molecule has 5 rings (SSSR count). The Kier molecular flexibility index (Phi) is 5.95. The SMILES string of the molecule is COc1cccc(N2CC(NC(=O)N3CCN(Cc4ccc5c(c4)OCO5)CC3)CC2=O)c1. The normalized spacial score (nSPS) is 20.3. The van der Waals surface area contributed by atoms with E-state index in [0.717, 1.165) is 36.8 Å². The van der Waals surface area contributed by atoms with E-state index in [1.807, 2.05) is 41.3 Å². The standard InChI is InChI=1S/C24H28N4O5/c1-31-20-4-2-3-19(13-20)28-15-18(12-23(28)29)25-24(30)27-9-7-26(8-10-27)14-17-5-6-21-22(11-17)33-16-32-21/h2-6,11,13,18H,7-10,12,14-16H2,1H3,(H,25,30). The summed E-state index contributed by atoms with van der Waals surface area (Å²) in [5.41, 5.74) is 1.95. The minimum absolute atomic E-state index is 0.00194. The molecule has 0 radical (unpaired) electrons. The summed E-state index contributed by atoms with van der Waals surface area (Å²) in [7, 11) is 1.60. The average molecular weight is 453 g/mol. The van der Waals surface area contributed by atoms with E-state index in [2.05, 4.69) is 16.3 Å². The van der Waals surface area contributed by atoms with Crippen molar-refractivity contribution in [1.29, 1.82) is 0 Å². The molecular weight excluding hydrogens is 424 g/mol. The minimum Gasteiger partial charge on any atom is -0.497 e. The lowest BCUT2D eigenvalue weighted by Crippen LogP contribution is -2.53. The van der Waals surface area contributed by atoms with E-state index in [-0.39, 0.29) is 24.8 Å². The van der Waals surface area contributed by atoms with E-state index in [9.17, 15) is 9.59 Å². The topological polar surface area (TPSA) is 83.6 Å². The van der Waals surface area contributed by atoms with Crippen molar-refractivity contribution in [2.45, 2.75) is 19.0 Å². The Labute approximate surface area is 192 Å². The molecule has 3 amide bonds. The number of amides is 3. The van der Waals surface area contributed by atoms with Crippen molar-refractivity contribution in [2.75, 3.05) is 51.5 Å². The summed E-state index contributed by atoms with van der Waals surface area (Å²) in [6, 6.07) is 13.1. The number of nitrogens with one attached hydrogen (secondary N) is 1. The third kappa shape index (κ3) is 4.68. The van der Waals surface area contributed by atoms with Gasteiger partial charge in [-0.05, 0) is 29.8 Å². The van der Waals surface area contributed by atoms with Gasteiger partial charge >= 0.3 is 6.03 Å². The fourth-order valence-electron chi connectivity index (χ4n) is 4.50. The van der Waals surface area contributed by atoms with Crippen LogP contribution in [-0.2, 0) is 11.3 Å². The van der Waals surface area contributed by atoms with E-state index in [4.69, 9.17) is 14.2 Å². The van der Waals surface area contributed by atoms with E-state index in [1.54, 1.807) is 12.0 Å². The predicted molar refractivity (Wildman–Crippen MR) is 122 cm³/mol. The number of anilines is 1. The first kappa shape index (κ1) is 21.4. The predicted octanol–water partition coefficient (Wildman–Crippen LogP) is 2.06. The van der Waals surface area contributed by atoms with Gasteiger partial charge in [-0.2, -0.15) is 0 Å². The summed E-state index contributed by atoms with van der Waals surface area (Å²) >= 11 is 0. The highest BCUT2D eigenvalue weighted by Crippen LogP contribution is 2.33. The van der Waals surface area contributed by atoms with Crippen LogP contribution in [0.4, 0.5) is 10.5 Å². The van der Waals surface area contributed by atoms with Crippen LogP contribution >= 0.6 is 0 Å². The van der Waals surface area contributed by atoms with Gasteiger partial charge in [0, 0.05) is 57.4 Å². The molecule has 174 valence electrons. The highest BCUT2D eigenvalue weighted by molar-refractivity contribution is 5.97. The largest absolute Gasteiger partial charge is 0.497 e. The minimum atomic E-state index is -0.206. The quantitative estimate of drug-likeness (QED) is 0.748. The lowest BCUT2D eigenvalue weighted by molar-refractivity contribution is -0.117. The molecule has 2 saturated heterocycles. The molecule has 0 saturated carbocycles. The van der Waals surface area contributed by atoms with Crippen molar-refractivity contribution in [3.63, 3.8) is 0 Å². The molecule has 2 aromatic rings. The molecule has 3 heterocycles. The maximum absolute atomic E-state index is 12.8. The molecule has 1 N–H and O–H groups in total. The number of carbonyl (C=O) groups excluding carboxylic acids is 2. The van der Waals surface area contributed by atoms with Crippen LogP contribution in [0, 0.1) is 0 Å². The molecule has 9 heteroatoms. The molecule has 1 atom stereocenters. The second-order valence-corrected chi connectivity index (χ2v) is 8.51. The van der Waals surface area contributed by atoms with Crippen molar-refractivity contribution < 1.29 is 23.8 Å². The van der Waals surface area contributed by atoms with Crippen LogP contribution in [-0.4, -0.2) is 74.4 Å². The molecule has 0 aromatic heterocycles. The van der Waals surface area contributed by atoms with E-state index in [1.165, 1.54) is 5.56 Å². The smallest absolute Gasteiger partial charge is 0.317 e. The number of urea groups is 1. The van der Waals surface area contributed by atoms with Crippen molar-refractivity contribution in [2.24, 2.45) is 0 Å². The summed E-state index contributed by atoms with van der Waals surface area (Å²) in [6.45, 7) is 4.42. The summed E-state index contributed by atoms with van der Waals surface area (Å²) in [6.07, 6.45) is 0.299. The van der Waals surface area contributed by atoms with Gasteiger partial charge in [-0.1, -0.05) is 12.1 Å². The van der Waals surface area contributed by atoms with E-state index in [0.29, 0.717) is 31.8 Å². The van der Waals surface area contributed by atoms with Gasteiger partial charge in [0.05, 0.1) is 13.2 Å². The van der Waals surface area contributed by atoms with Gasteiger partial charge in [0.2, 0.25) is 12.7 Å². The summed E-state index contributed by atoms with van der Waals surface area (Å²) in [5.74, 6) is 2.28. The molecule has 2 aromatic carbocycles. The first-order valence-corrected chi connectivity index (χ1v) is 11.2. The molecule has 3 aliphatic rings. The highest BCUT2D eigenvalue weighted by Gasteiger charge is 2.33. The van der Waals surface area contributed by atoms with Gasteiger partial charge in [0.25, 0.3) is 0 Å².